The molecule has 1 saturated carbocycles. The number of hydrogen-bond donors (Lipinski definition) is 1. The van der Waals surface area contributed by atoms with Gasteiger partial charge in [0.15, 0.2) is 6.23 Å². The first-order valence-corrected chi connectivity index (χ1v) is 7.95. The predicted octanol–water partition coefficient (Wildman–Crippen LogP) is 3.24. The lowest BCUT2D eigenvalue weighted by Crippen LogP contribution is -2.45. The van der Waals surface area contributed by atoms with Crippen LogP contribution >= 0.6 is 0 Å². The molecule has 2 aliphatic rings. The highest BCUT2D eigenvalue weighted by atomic mass is 16.5. The molecule has 4 nitrogen and oxygen atoms in total. The number of nitrogens with zero attached hydrogens (tertiary/aromatic N) is 2. The van der Waals surface area contributed by atoms with Gasteiger partial charge >= 0.3 is 0 Å². The molecular weight excluding hydrogens is 276 g/mol. The molecule has 0 spiro atoms. The Morgan fingerprint density at radius 1 is 1.50 bits per heavy atom. The molecular formula is C18H26N2O2. The molecule has 22 heavy (non-hydrogen) atoms. The van der Waals surface area contributed by atoms with Crippen LogP contribution in [0.15, 0.2) is 28.3 Å². The van der Waals surface area contributed by atoms with E-state index in [2.05, 4.69) is 17.1 Å². The third kappa shape index (κ3) is 2.53. The standard InChI is InChI=1S/C18H26N2O2/c1-6-14-12(3)17(21)11(2)9-18(14,10-19)15-7-8-16(22-5)20-13(15)4/h6-7,11-12,16-17,21H,8-9H2,1-5H3. The molecule has 1 heterocycles. The van der Waals surface area contributed by atoms with E-state index < -0.39 is 11.5 Å². The quantitative estimate of drug-likeness (QED) is 0.796. The van der Waals surface area contributed by atoms with E-state index >= 15 is 0 Å². The molecule has 120 valence electrons. The van der Waals surface area contributed by atoms with Gasteiger partial charge in [-0.05, 0) is 37.3 Å². The van der Waals surface area contributed by atoms with Crippen LogP contribution in [0.3, 0.4) is 0 Å². The van der Waals surface area contributed by atoms with Crippen molar-refractivity contribution in [3.63, 3.8) is 0 Å². The molecule has 0 aromatic rings. The molecule has 0 saturated heterocycles. The Morgan fingerprint density at radius 2 is 2.18 bits per heavy atom. The molecule has 1 N–H and O–H groups in total. The van der Waals surface area contributed by atoms with Gasteiger partial charge in [0.05, 0.1) is 12.2 Å². The minimum Gasteiger partial charge on any atom is -0.392 e. The number of aliphatic hydroxyl groups excluding tert-OH is 1. The second-order valence-electron chi connectivity index (χ2n) is 6.48. The Hall–Kier alpha value is -1.44. The molecule has 0 amide bonds. The third-order valence-electron chi connectivity index (χ3n) is 5.19. The lowest BCUT2D eigenvalue weighted by molar-refractivity contribution is 0.0370. The summed E-state index contributed by atoms with van der Waals surface area (Å²) in [5, 5.41) is 20.5. The van der Waals surface area contributed by atoms with E-state index in [1.165, 1.54) is 0 Å². The van der Waals surface area contributed by atoms with E-state index in [0.29, 0.717) is 12.8 Å². The maximum Gasteiger partial charge on any atom is 0.151 e. The third-order valence-corrected chi connectivity index (χ3v) is 5.19. The molecule has 1 aliphatic carbocycles. The lowest BCUT2D eigenvalue weighted by Gasteiger charge is -2.45. The summed E-state index contributed by atoms with van der Waals surface area (Å²) in [6.45, 7) is 7.93. The van der Waals surface area contributed by atoms with Crippen LogP contribution in [0.5, 0.6) is 0 Å². The van der Waals surface area contributed by atoms with E-state index in [1.54, 1.807) is 7.11 Å². The van der Waals surface area contributed by atoms with Crippen LogP contribution in [0, 0.1) is 28.6 Å². The second kappa shape index (κ2) is 6.36. The van der Waals surface area contributed by atoms with Crippen LogP contribution in [0.4, 0.5) is 0 Å². The van der Waals surface area contributed by atoms with E-state index in [-0.39, 0.29) is 18.1 Å². The van der Waals surface area contributed by atoms with E-state index in [9.17, 15) is 10.4 Å². The van der Waals surface area contributed by atoms with Crippen LogP contribution in [0.25, 0.3) is 0 Å². The largest absolute Gasteiger partial charge is 0.392 e. The number of methoxy groups -OCH3 is 1. The zero-order valence-corrected chi connectivity index (χ0v) is 14.1. The Balaban J connectivity index is 2.51. The molecule has 0 aromatic carbocycles. The summed E-state index contributed by atoms with van der Waals surface area (Å²) in [6.07, 6.45) is 4.86. The molecule has 5 atom stereocenters. The van der Waals surface area contributed by atoms with Gasteiger partial charge in [-0.25, -0.2) is 0 Å². The molecule has 1 fully saturated rings. The smallest absolute Gasteiger partial charge is 0.151 e. The van der Waals surface area contributed by atoms with Crippen molar-refractivity contribution in [1.82, 2.24) is 0 Å². The van der Waals surface area contributed by atoms with Crippen LogP contribution < -0.4 is 0 Å². The average molecular weight is 302 g/mol. The van der Waals surface area contributed by atoms with Crippen molar-refractivity contribution in [3.8, 4) is 6.07 Å². The summed E-state index contributed by atoms with van der Waals surface area (Å²) in [6, 6.07) is 2.56. The van der Waals surface area contributed by atoms with Crippen molar-refractivity contribution in [2.24, 2.45) is 22.2 Å². The molecule has 1 aliphatic heterocycles. The first-order valence-electron chi connectivity index (χ1n) is 7.95. The minimum atomic E-state index is -0.681. The fourth-order valence-corrected chi connectivity index (χ4v) is 4.07. The first kappa shape index (κ1) is 16.9. The van der Waals surface area contributed by atoms with Crippen molar-refractivity contribution in [3.05, 3.63) is 23.3 Å². The van der Waals surface area contributed by atoms with Crippen LogP contribution in [-0.4, -0.2) is 30.3 Å². The van der Waals surface area contributed by atoms with Gasteiger partial charge < -0.3 is 9.84 Å². The fourth-order valence-electron chi connectivity index (χ4n) is 4.07. The molecule has 4 heteroatoms. The lowest BCUT2D eigenvalue weighted by atomic mass is 9.58. The van der Waals surface area contributed by atoms with Crippen LogP contribution in [-0.2, 0) is 4.74 Å². The van der Waals surface area contributed by atoms with Gasteiger partial charge in [0.2, 0.25) is 0 Å². The number of nitriles is 1. The predicted molar refractivity (Wildman–Crippen MR) is 87.4 cm³/mol. The Kier molecular flexibility index (Phi) is 4.89. The first-order chi connectivity index (χ1) is 10.4. The van der Waals surface area contributed by atoms with Crippen LogP contribution in [0.1, 0.15) is 40.5 Å². The number of ether oxygens (including phenoxy) is 1. The summed E-state index contributed by atoms with van der Waals surface area (Å²) in [5.74, 6) is 0.0504. The average Bonchev–Trinajstić information content (AvgIpc) is 2.52. The molecule has 2 rings (SSSR count). The van der Waals surface area contributed by atoms with Gasteiger partial charge in [0.25, 0.3) is 0 Å². The summed E-state index contributed by atoms with van der Waals surface area (Å²) < 4.78 is 5.31. The van der Waals surface area contributed by atoms with Gasteiger partial charge in [-0.3, -0.25) is 4.99 Å². The van der Waals surface area contributed by atoms with E-state index in [1.807, 2.05) is 33.8 Å². The van der Waals surface area contributed by atoms with Gasteiger partial charge in [-0.2, -0.15) is 5.26 Å². The number of rotatable bonds is 2. The van der Waals surface area contributed by atoms with Crippen LogP contribution in [0.2, 0.25) is 0 Å². The van der Waals surface area contributed by atoms with Gasteiger partial charge in [-0.15, -0.1) is 0 Å². The van der Waals surface area contributed by atoms with E-state index in [4.69, 9.17) is 4.74 Å². The number of hydrogen-bond acceptors (Lipinski definition) is 4. The maximum absolute atomic E-state index is 10.4. The van der Waals surface area contributed by atoms with Crippen molar-refractivity contribution in [2.45, 2.75) is 52.9 Å². The number of aliphatic imine (C=N–C) groups is 1. The van der Waals surface area contributed by atoms with Crippen molar-refractivity contribution >= 4 is 5.71 Å². The molecule has 0 radical (unpaired) electrons. The monoisotopic (exact) mass is 302 g/mol. The summed E-state index contributed by atoms with van der Waals surface area (Å²) in [7, 11) is 1.65. The van der Waals surface area contributed by atoms with Gasteiger partial charge in [-0.1, -0.05) is 26.0 Å². The normalized spacial score (nSPS) is 40.9. The highest BCUT2D eigenvalue weighted by molar-refractivity contribution is 6.01. The highest BCUT2D eigenvalue weighted by Gasteiger charge is 2.49. The summed E-state index contributed by atoms with van der Waals surface area (Å²) >= 11 is 0. The zero-order chi connectivity index (χ0) is 16.5. The Bertz CT molecular complexity index is 570. The SMILES string of the molecule is CC=C1C(C)C(O)C(C)CC1(C#N)C1=CCC(OC)N=C1C. The highest BCUT2D eigenvalue weighted by Crippen LogP contribution is 2.51. The van der Waals surface area contributed by atoms with Crippen molar-refractivity contribution < 1.29 is 9.84 Å². The number of allylic oxidation sites excluding steroid dienone is 2. The minimum absolute atomic E-state index is 0.0257. The topological polar surface area (TPSA) is 65.6 Å². The molecule has 5 unspecified atom stereocenters. The van der Waals surface area contributed by atoms with Gasteiger partial charge in [0.1, 0.15) is 5.41 Å². The summed E-state index contributed by atoms with van der Waals surface area (Å²) in [4.78, 5) is 4.57. The summed E-state index contributed by atoms with van der Waals surface area (Å²) in [5.41, 5.74) is 2.19. The molecule has 0 aromatic heterocycles. The zero-order valence-electron chi connectivity index (χ0n) is 14.1. The maximum atomic E-state index is 10.4. The second-order valence-corrected chi connectivity index (χ2v) is 6.48. The molecule has 0 bridgehead atoms. The fraction of sp³-hybridized carbons (Fsp3) is 0.667. The van der Waals surface area contributed by atoms with Crippen molar-refractivity contribution in [2.75, 3.05) is 7.11 Å². The Morgan fingerprint density at radius 3 is 2.68 bits per heavy atom. The van der Waals surface area contributed by atoms with Gasteiger partial charge in [0, 0.05) is 25.2 Å². The van der Waals surface area contributed by atoms with Crippen molar-refractivity contribution in [1.29, 1.82) is 5.26 Å². The Labute approximate surface area is 133 Å². The number of dihydropyridines is 1. The van der Waals surface area contributed by atoms with E-state index in [0.717, 1.165) is 16.9 Å². The number of aliphatic hydroxyl groups is 1.